The number of azo groups is 1. The molecule has 0 aliphatic rings. The van der Waals surface area contributed by atoms with E-state index in [1.54, 1.807) is 0 Å². The summed E-state index contributed by atoms with van der Waals surface area (Å²) in [5, 5.41) is 9.64. The molecule has 4 nitrogen and oxygen atoms in total. The molecular weight excluding hydrogens is 332 g/mol. The van der Waals surface area contributed by atoms with Crippen LogP contribution in [0.2, 0.25) is 5.02 Å². The van der Waals surface area contributed by atoms with Gasteiger partial charge in [0.05, 0.1) is 5.69 Å². The first-order valence-electron chi connectivity index (χ1n) is 7.93. The molecule has 2 aromatic heterocycles. The van der Waals surface area contributed by atoms with Gasteiger partial charge < -0.3 is 0 Å². The highest BCUT2D eigenvalue weighted by Gasteiger charge is 2.13. The summed E-state index contributed by atoms with van der Waals surface area (Å²) in [6.07, 6.45) is 1.94. The average Bonchev–Trinajstić information content (AvgIpc) is 3.00. The highest BCUT2D eigenvalue weighted by molar-refractivity contribution is 6.30. The normalized spacial score (nSPS) is 11.4. The quantitative estimate of drug-likeness (QED) is 0.397. The van der Waals surface area contributed by atoms with Crippen LogP contribution in [0, 0.1) is 6.92 Å². The first kappa shape index (κ1) is 15.5. The molecule has 0 atom stereocenters. The number of nitrogens with zero attached hydrogens (tertiary/aromatic N) is 4. The van der Waals surface area contributed by atoms with E-state index in [0.717, 1.165) is 28.2 Å². The minimum atomic E-state index is 0.691. The van der Waals surface area contributed by atoms with Crippen LogP contribution in [-0.4, -0.2) is 9.38 Å². The standard InChI is InChI=1S/C20H15ClN4/c1-14-13-16(21)10-11-17(14)23-24-20-19(15-7-3-2-4-8-15)22-18-9-5-6-12-25(18)20/h2-13H,1H3. The Morgan fingerprint density at radius 1 is 0.920 bits per heavy atom. The van der Waals surface area contributed by atoms with Gasteiger partial charge in [0.15, 0.2) is 5.82 Å². The van der Waals surface area contributed by atoms with Crippen molar-refractivity contribution in [3.05, 3.63) is 83.5 Å². The number of imidazole rings is 1. The lowest BCUT2D eigenvalue weighted by Gasteiger charge is -2.01. The van der Waals surface area contributed by atoms with Gasteiger partial charge in [0.1, 0.15) is 11.3 Å². The van der Waals surface area contributed by atoms with Gasteiger partial charge in [0.25, 0.3) is 0 Å². The summed E-state index contributed by atoms with van der Waals surface area (Å²) >= 11 is 6.01. The zero-order chi connectivity index (χ0) is 17.2. The lowest BCUT2D eigenvalue weighted by Crippen LogP contribution is -1.81. The number of hydrogen-bond acceptors (Lipinski definition) is 3. The summed E-state index contributed by atoms with van der Waals surface area (Å²) in [4.78, 5) is 4.72. The van der Waals surface area contributed by atoms with Crippen LogP contribution in [0.25, 0.3) is 16.9 Å². The summed E-state index contributed by atoms with van der Waals surface area (Å²) in [5.74, 6) is 0.705. The Bertz CT molecular complexity index is 1070. The zero-order valence-electron chi connectivity index (χ0n) is 13.6. The van der Waals surface area contributed by atoms with Gasteiger partial charge in [-0.25, -0.2) is 4.98 Å². The first-order chi connectivity index (χ1) is 12.2. The Morgan fingerprint density at radius 2 is 1.72 bits per heavy atom. The van der Waals surface area contributed by atoms with Crippen LogP contribution in [0.15, 0.2) is 83.2 Å². The van der Waals surface area contributed by atoms with E-state index < -0.39 is 0 Å². The molecule has 5 heteroatoms. The van der Waals surface area contributed by atoms with E-state index >= 15 is 0 Å². The molecule has 2 heterocycles. The molecule has 0 unspecified atom stereocenters. The Labute approximate surface area is 150 Å². The van der Waals surface area contributed by atoms with Gasteiger partial charge in [-0.2, -0.15) is 0 Å². The van der Waals surface area contributed by atoms with Crippen molar-refractivity contribution in [1.82, 2.24) is 9.38 Å². The topological polar surface area (TPSA) is 42.0 Å². The predicted molar refractivity (Wildman–Crippen MR) is 101 cm³/mol. The summed E-state index contributed by atoms with van der Waals surface area (Å²) in [6.45, 7) is 1.97. The van der Waals surface area contributed by atoms with Crippen molar-refractivity contribution in [3.63, 3.8) is 0 Å². The predicted octanol–water partition coefficient (Wildman–Crippen LogP) is 6.38. The molecule has 0 amide bonds. The van der Waals surface area contributed by atoms with Crippen molar-refractivity contribution in [2.45, 2.75) is 6.92 Å². The van der Waals surface area contributed by atoms with Gasteiger partial charge in [0, 0.05) is 16.8 Å². The van der Waals surface area contributed by atoms with Gasteiger partial charge in [-0.3, -0.25) is 4.40 Å². The van der Waals surface area contributed by atoms with Crippen LogP contribution >= 0.6 is 11.6 Å². The van der Waals surface area contributed by atoms with Crippen LogP contribution in [0.3, 0.4) is 0 Å². The zero-order valence-corrected chi connectivity index (χ0v) is 14.4. The number of fused-ring (bicyclic) bond motifs is 1. The van der Waals surface area contributed by atoms with Crippen molar-refractivity contribution < 1.29 is 0 Å². The number of benzene rings is 2. The van der Waals surface area contributed by atoms with E-state index in [1.807, 2.05) is 84.3 Å². The highest BCUT2D eigenvalue weighted by Crippen LogP contribution is 2.32. The third kappa shape index (κ3) is 3.04. The molecule has 0 fully saturated rings. The van der Waals surface area contributed by atoms with Crippen LogP contribution < -0.4 is 0 Å². The van der Waals surface area contributed by atoms with Crippen molar-refractivity contribution in [2.24, 2.45) is 10.2 Å². The molecule has 0 aliphatic heterocycles. The van der Waals surface area contributed by atoms with Gasteiger partial charge in [0.2, 0.25) is 0 Å². The maximum absolute atomic E-state index is 6.01. The van der Waals surface area contributed by atoms with Crippen LogP contribution in [0.4, 0.5) is 11.5 Å². The summed E-state index contributed by atoms with van der Waals surface area (Å²) in [5.41, 5.74) is 4.42. The largest absolute Gasteiger partial charge is 0.283 e. The Balaban J connectivity index is 1.86. The molecule has 0 aliphatic carbocycles. The summed E-state index contributed by atoms with van der Waals surface area (Å²) < 4.78 is 1.94. The molecule has 4 rings (SSSR count). The summed E-state index contributed by atoms with van der Waals surface area (Å²) in [6, 6.07) is 21.4. The molecule has 0 saturated carbocycles. The molecule has 2 aromatic carbocycles. The third-order valence-corrected chi connectivity index (χ3v) is 4.20. The van der Waals surface area contributed by atoms with E-state index in [9.17, 15) is 0 Å². The van der Waals surface area contributed by atoms with Gasteiger partial charge in [-0.15, -0.1) is 10.2 Å². The van der Waals surface area contributed by atoms with E-state index in [1.165, 1.54) is 0 Å². The molecule has 4 aromatic rings. The number of aromatic nitrogens is 2. The van der Waals surface area contributed by atoms with E-state index in [0.29, 0.717) is 10.8 Å². The molecule has 0 saturated heterocycles. The lowest BCUT2D eigenvalue weighted by atomic mass is 10.1. The smallest absolute Gasteiger partial charge is 0.187 e. The second-order valence-corrected chi connectivity index (χ2v) is 6.15. The van der Waals surface area contributed by atoms with Crippen LogP contribution in [-0.2, 0) is 0 Å². The molecule has 0 bridgehead atoms. The fourth-order valence-electron chi connectivity index (χ4n) is 2.70. The molecule has 122 valence electrons. The Hall–Kier alpha value is -2.98. The van der Waals surface area contributed by atoms with E-state index in [-0.39, 0.29) is 0 Å². The average molecular weight is 347 g/mol. The second kappa shape index (κ2) is 6.49. The second-order valence-electron chi connectivity index (χ2n) is 5.71. The Kier molecular flexibility index (Phi) is 4.04. The lowest BCUT2D eigenvalue weighted by molar-refractivity contribution is 1.10. The Morgan fingerprint density at radius 3 is 2.52 bits per heavy atom. The summed E-state index contributed by atoms with van der Waals surface area (Å²) in [7, 11) is 0. The molecule has 0 radical (unpaired) electrons. The van der Waals surface area contributed by atoms with Gasteiger partial charge >= 0.3 is 0 Å². The van der Waals surface area contributed by atoms with Crippen LogP contribution in [0.5, 0.6) is 0 Å². The first-order valence-corrected chi connectivity index (χ1v) is 8.30. The molecule has 0 spiro atoms. The van der Waals surface area contributed by atoms with Crippen molar-refractivity contribution in [1.29, 1.82) is 0 Å². The fourth-order valence-corrected chi connectivity index (χ4v) is 2.93. The number of hydrogen-bond donors (Lipinski definition) is 0. The fraction of sp³-hybridized carbons (Fsp3) is 0.0500. The van der Waals surface area contributed by atoms with Crippen molar-refractivity contribution in [2.75, 3.05) is 0 Å². The highest BCUT2D eigenvalue weighted by atomic mass is 35.5. The third-order valence-electron chi connectivity index (χ3n) is 3.96. The monoisotopic (exact) mass is 346 g/mol. The minimum absolute atomic E-state index is 0.691. The van der Waals surface area contributed by atoms with Gasteiger partial charge in [-0.1, -0.05) is 48.0 Å². The van der Waals surface area contributed by atoms with Crippen molar-refractivity contribution in [3.8, 4) is 11.3 Å². The number of pyridine rings is 1. The molecule has 0 N–H and O–H groups in total. The maximum atomic E-state index is 6.01. The van der Waals surface area contributed by atoms with Gasteiger partial charge in [-0.05, 0) is 42.8 Å². The van der Waals surface area contributed by atoms with Crippen molar-refractivity contribution >= 4 is 28.8 Å². The number of halogens is 1. The number of aryl methyl sites for hydroxylation is 1. The minimum Gasteiger partial charge on any atom is -0.283 e. The molecular formula is C20H15ClN4. The SMILES string of the molecule is Cc1cc(Cl)ccc1N=Nc1c(-c2ccccc2)nc2ccccn12. The van der Waals surface area contributed by atoms with Crippen LogP contribution in [0.1, 0.15) is 5.56 Å². The molecule has 25 heavy (non-hydrogen) atoms. The number of rotatable bonds is 3. The van der Waals surface area contributed by atoms with E-state index in [4.69, 9.17) is 16.6 Å². The van der Waals surface area contributed by atoms with E-state index in [2.05, 4.69) is 10.2 Å². The maximum Gasteiger partial charge on any atom is 0.187 e.